The molecule has 1 heterocycles. The van der Waals surface area contributed by atoms with Crippen molar-refractivity contribution in [2.75, 3.05) is 0 Å². The van der Waals surface area contributed by atoms with Crippen LogP contribution in [0.5, 0.6) is 0 Å². The number of fused-ring (bicyclic) bond motifs is 1. The average molecular weight is 224 g/mol. The number of primary sulfonamides is 1. The van der Waals surface area contributed by atoms with Crippen LogP contribution in [0.1, 0.15) is 0 Å². The molecule has 3 N–H and O–H groups in total. The molecule has 5 nitrogen and oxygen atoms in total. The Morgan fingerprint density at radius 1 is 1.20 bits per heavy atom. The quantitative estimate of drug-likeness (QED) is 0.723. The van der Waals surface area contributed by atoms with Crippen LogP contribution in [0.4, 0.5) is 0 Å². The van der Waals surface area contributed by atoms with Crippen molar-refractivity contribution in [2.24, 2.45) is 5.14 Å². The van der Waals surface area contributed by atoms with Crippen molar-refractivity contribution >= 4 is 20.8 Å². The summed E-state index contributed by atoms with van der Waals surface area (Å²) in [5.74, 6) is 0. The lowest BCUT2D eigenvalue weighted by atomic mass is 10.2. The first-order valence-electron chi connectivity index (χ1n) is 4.13. The van der Waals surface area contributed by atoms with Crippen molar-refractivity contribution in [3.63, 3.8) is 0 Å². The zero-order valence-electron chi connectivity index (χ0n) is 7.60. The van der Waals surface area contributed by atoms with Crippen LogP contribution in [0.3, 0.4) is 0 Å². The van der Waals surface area contributed by atoms with E-state index >= 15 is 0 Å². The molecule has 6 heteroatoms. The minimum absolute atomic E-state index is 0.272. The van der Waals surface area contributed by atoms with Crippen LogP contribution in [0, 0.1) is 0 Å². The van der Waals surface area contributed by atoms with E-state index in [4.69, 9.17) is 5.14 Å². The second-order valence-corrected chi connectivity index (χ2v) is 4.62. The highest BCUT2D eigenvalue weighted by Crippen LogP contribution is 2.11. The van der Waals surface area contributed by atoms with Crippen molar-refractivity contribution in [3.05, 3.63) is 40.7 Å². The molecule has 15 heavy (non-hydrogen) atoms. The Bertz CT molecular complexity index is 673. The number of aromatic nitrogens is 1. The van der Waals surface area contributed by atoms with Crippen LogP contribution < -0.4 is 10.7 Å². The van der Waals surface area contributed by atoms with Gasteiger partial charge in [-0.2, -0.15) is 0 Å². The highest BCUT2D eigenvalue weighted by Gasteiger charge is 2.10. The lowest BCUT2D eigenvalue weighted by molar-refractivity contribution is 0.594. The zero-order chi connectivity index (χ0) is 11.1. The maximum Gasteiger partial charge on any atom is 0.256 e. The Kier molecular flexibility index (Phi) is 2.09. The van der Waals surface area contributed by atoms with Crippen LogP contribution in [-0.4, -0.2) is 13.4 Å². The van der Waals surface area contributed by atoms with E-state index in [1.54, 1.807) is 24.3 Å². The number of hydrogen-bond acceptors (Lipinski definition) is 3. The predicted molar refractivity (Wildman–Crippen MR) is 55.9 cm³/mol. The van der Waals surface area contributed by atoms with E-state index in [0.29, 0.717) is 10.8 Å². The molecule has 1 aromatic carbocycles. The van der Waals surface area contributed by atoms with Gasteiger partial charge in [-0.05, 0) is 17.5 Å². The van der Waals surface area contributed by atoms with Gasteiger partial charge < -0.3 is 4.98 Å². The van der Waals surface area contributed by atoms with E-state index in [0.717, 1.165) is 0 Å². The summed E-state index contributed by atoms with van der Waals surface area (Å²) < 4.78 is 22.1. The summed E-state index contributed by atoms with van der Waals surface area (Å²) in [5, 5.41) is 5.63. The standard InChI is InChI=1S/C9H8N2O3S/c10-15(13,14)8-5-6-3-1-2-4-7(6)9(12)11-8/h1-5H,(H,11,12)(H2,10,13,14). The van der Waals surface area contributed by atoms with Crippen LogP contribution >= 0.6 is 0 Å². The summed E-state index contributed by atoms with van der Waals surface area (Å²) >= 11 is 0. The largest absolute Gasteiger partial charge is 0.311 e. The fraction of sp³-hybridized carbons (Fsp3) is 0. The van der Waals surface area contributed by atoms with E-state index in [2.05, 4.69) is 4.98 Å². The highest BCUT2D eigenvalue weighted by atomic mass is 32.2. The molecule has 0 unspecified atom stereocenters. The molecule has 2 aromatic rings. The molecule has 0 aliphatic rings. The van der Waals surface area contributed by atoms with Gasteiger partial charge in [-0.1, -0.05) is 18.2 Å². The third-order valence-corrected chi connectivity index (χ3v) is 2.87. The third-order valence-electron chi connectivity index (χ3n) is 2.04. The molecule has 0 aliphatic carbocycles. The molecule has 1 aromatic heterocycles. The van der Waals surface area contributed by atoms with Gasteiger partial charge in [0.1, 0.15) is 0 Å². The first-order chi connectivity index (χ1) is 6.98. The number of hydrogen-bond donors (Lipinski definition) is 2. The number of pyridine rings is 1. The lowest BCUT2D eigenvalue weighted by Crippen LogP contribution is -2.18. The number of benzene rings is 1. The van der Waals surface area contributed by atoms with Crippen molar-refractivity contribution in [1.29, 1.82) is 0 Å². The molecule has 0 fully saturated rings. The highest BCUT2D eigenvalue weighted by molar-refractivity contribution is 7.89. The SMILES string of the molecule is NS(=O)(=O)c1cc2ccccc2c(=O)[nH]1. The molecule has 0 aliphatic heterocycles. The molecular weight excluding hydrogens is 216 g/mol. The van der Waals surface area contributed by atoms with Gasteiger partial charge >= 0.3 is 0 Å². The molecule has 0 amide bonds. The van der Waals surface area contributed by atoms with E-state index in [-0.39, 0.29) is 5.03 Å². The monoisotopic (exact) mass is 224 g/mol. The van der Waals surface area contributed by atoms with Gasteiger partial charge in [0.2, 0.25) is 0 Å². The molecule has 2 rings (SSSR count). The number of nitrogens with one attached hydrogen (secondary N) is 1. The van der Waals surface area contributed by atoms with Crippen LogP contribution in [0.25, 0.3) is 10.8 Å². The summed E-state index contributed by atoms with van der Waals surface area (Å²) in [6.07, 6.45) is 0. The summed E-state index contributed by atoms with van der Waals surface area (Å²) in [6.45, 7) is 0. The van der Waals surface area contributed by atoms with Gasteiger partial charge in [-0.25, -0.2) is 13.6 Å². The van der Waals surface area contributed by atoms with Gasteiger partial charge in [-0.15, -0.1) is 0 Å². The van der Waals surface area contributed by atoms with Gasteiger partial charge in [0, 0.05) is 5.39 Å². The normalized spacial score (nSPS) is 11.8. The number of nitrogens with two attached hydrogens (primary N) is 1. The third kappa shape index (κ3) is 1.77. The van der Waals surface area contributed by atoms with Crippen molar-refractivity contribution in [1.82, 2.24) is 4.98 Å². The summed E-state index contributed by atoms with van der Waals surface area (Å²) in [4.78, 5) is 13.7. The molecule has 78 valence electrons. The van der Waals surface area contributed by atoms with Gasteiger partial charge in [0.25, 0.3) is 15.6 Å². The molecule has 0 saturated heterocycles. The Morgan fingerprint density at radius 3 is 2.53 bits per heavy atom. The minimum Gasteiger partial charge on any atom is -0.311 e. The Morgan fingerprint density at radius 2 is 1.87 bits per heavy atom. The number of aromatic amines is 1. The number of rotatable bonds is 1. The van der Waals surface area contributed by atoms with E-state index in [9.17, 15) is 13.2 Å². The molecular formula is C9H8N2O3S. The summed E-state index contributed by atoms with van der Waals surface area (Å²) in [6, 6.07) is 8.02. The van der Waals surface area contributed by atoms with Gasteiger partial charge in [-0.3, -0.25) is 4.79 Å². The van der Waals surface area contributed by atoms with Crippen molar-refractivity contribution in [3.8, 4) is 0 Å². The van der Waals surface area contributed by atoms with Crippen LogP contribution in [0.15, 0.2) is 40.2 Å². The summed E-state index contributed by atoms with van der Waals surface area (Å²) in [5.41, 5.74) is -0.461. The molecule has 0 atom stereocenters. The van der Waals surface area contributed by atoms with E-state index in [1.165, 1.54) is 6.07 Å². The second-order valence-electron chi connectivity index (χ2n) is 3.09. The Hall–Kier alpha value is -1.66. The topological polar surface area (TPSA) is 93.0 Å². The van der Waals surface area contributed by atoms with E-state index < -0.39 is 15.6 Å². The number of H-pyrrole nitrogens is 1. The maximum atomic E-state index is 11.5. The molecule has 0 bridgehead atoms. The van der Waals surface area contributed by atoms with Gasteiger partial charge in [0.05, 0.1) is 0 Å². The summed E-state index contributed by atoms with van der Waals surface area (Å²) in [7, 11) is -3.87. The predicted octanol–water partition coefficient (Wildman–Crippen LogP) is 0.176. The molecule has 0 saturated carbocycles. The molecule has 0 radical (unpaired) electrons. The molecule has 0 spiro atoms. The maximum absolute atomic E-state index is 11.5. The zero-order valence-corrected chi connectivity index (χ0v) is 8.41. The van der Waals surface area contributed by atoms with Gasteiger partial charge in [0.15, 0.2) is 5.03 Å². The van der Waals surface area contributed by atoms with Crippen molar-refractivity contribution in [2.45, 2.75) is 5.03 Å². The lowest BCUT2D eigenvalue weighted by Gasteiger charge is -2.00. The van der Waals surface area contributed by atoms with E-state index in [1.807, 2.05) is 0 Å². The average Bonchev–Trinajstić information content (AvgIpc) is 2.16. The minimum atomic E-state index is -3.87. The Labute approximate surface area is 85.6 Å². The fourth-order valence-corrected chi connectivity index (χ4v) is 1.87. The van der Waals surface area contributed by atoms with Crippen molar-refractivity contribution < 1.29 is 8.42 Å². The fourth-order valence-electron chi connectivity index (χ4n) is 1.34. The first-order valence-corrected chi connectivity index (χ1v) is 5.68. The Balaban J connectivity index is 2.91. The smallest absolute Gasteiger partial charge is 0.256 e. The second kappa shape index (κ2) is 3.18. The number of sulfonamides is 1. The first kappa shape index (κ1) is 9.88. The van der Waals surface area contributed by atoms with Crippen LogP contribution in [-0.2, 0) is 10.0 Å². The van der Waals surface area contributed by atoms with Crippen LogP contribution in [0.2, 0.25) is 0 Å².